The van der Waals surface area contributed by atoms with Gasteiger partial charge >= 0.3 is 0 Å². The maximum atomic E-state index is 12.8. The molecule has 1 aromatic heterocycles. The fraction of sp³-hybridized carbons (Fsp3) is 0.250. The van der Waals surface area contributed by atoms with Crippen molar-refractivity contribution in [2.24, 2.45) is 5.92 Å². The molecule has 0 spiro atoms. The average molecular weight is 302 g/mol. The van der Waals surface area contributed by atoms with E-state index in [4.69, 9.17) is 17.3 Å². The third kappa shape index (κ3) is 2.59. The van der Waals surface area contributed by atoms with Crippen LogP contribution in [0.15, 0.2) is 36.5 Å². The number of benzene rings is 1. The van der Waals surface area contributed by atoms with Crippen molar-refractivity contribution in [3.8, 4) is 0 Å². The summed E-state index contributed by atoms with van der Waals surface area (Å²) in [5.41, 5.74) is 8.21. The smallest absolute Gasteiger partial charge is 0.259 e. The van der Waals surface area contributed by atoms with Crippen molar-refractivity contribution >= 4 is 29.0 Å². The number of aromatic nitrogens is 1. The van der Waals surface area contributed by atoms with Crippen molar-refractivity contribution in [3.05, 3.63) is 52.7 Å². The van der Waals surface area contributed by atoms with Crippen molar-refractivity contribution in [2.45, 2.75) is 13.3 Å². The molecule has 0 saturated carbocycles. The maximum Gasteiger partial charge on any atom is 0.259 e. The molecular weight excluding hydrogens is 286 g/mol. The minimum absolute atomic E-state index is 0.0941. The van der Waals surface area contributed by atoms with Crippen LogP contribution in [0.4, 0.5) is 11.5 Å². The Labute approximate surface area is 128 Å². The molecule has 3 rings (SSSR count). The zero-order valence-corrected chi connectivity index (χ0v) is 12.5. The summed E-state index contributed by atoms with van der Waals surface area (Å²) in [6.45, 7) is 2.84. The zero-order chi connectivity index (χ0) is 15.0. The quantitative estimate of drug-likeness (QED) is 0.880. The van der Waals surface area contributed by atoms with Crippen molar-refractivity contribution in [3.63, 3.8) is 0 Å². The molecule has 4 nitrogen and oxygen atoms in total. The second kappa shape index (κ2) is 5.37. The first-order valence-electron chi connectivity index (χ1n) is 6.87. The molecular formula is C16H16ClN3O. The molecule has 2 N–H and O–H groups in total. The Bertz CT molecular complexity index is 702. The second-order valence-electron chi connectivity index (χ2n) is 5.44. The Kier molecular flexibility index (Phi) is 3.55. The Morgan fingerprint density at radius 1 is 1.43 bits per heavy atom. The lowest BCUT2D eigenvalue weighted by atomic mass is 9.93. The summed E-state index contributed by atoms with van der Waals surface area (Å²) in [7, 11) is 0. The van der Waals surface area contributed by atoms with Crippen LogP contribution in [-0.2, 0) is 6.42 Å². The Hall–Kier alpha value is -2.07. The van der Waals surface area contributed by atoms with Crippen LogP contribution in [0.2, 0.25) is 5.02 Å². The highest BCUT2D eigenvalue weighted by Crippen LogP contribution is 2.31. The van der Waals surface area contributed by atoms with Crippen LogP contribution >= 0.6 is 11.6 Å². The number of anilines is 2. The van der Waals surface area contributed by atoms with Gasteiger partial charge in [-0.05, 0) is 30.0 Å². The molecule has 1 amide bonds. The predicted octanol–water partition coefficient (Wildman–Crippen LogP) is 3.16. The molecule has 2 heterocycles. The molecule has 0 aliphatic carbocycles. The number of nitrogens with two attached hydrogens (primary N) is 1. The number of rotatable bonds is 1. The van der Waals surface area contributed by atoms with Gasteiger partial charge in [0.15, 0.2) is 0 Å². The fourth-order valence-corrected chi connectivity index (χ4v) is 2.88. The topological polar surface area (TPSA) is 59.2 Å². The summed E-state index contributed by atoms with van der Waals surface area (Å²) in [6.07, 6.45) is 2.46. The second-order valence-corrected chi connectivity index (χ2v) is 5.85. The molecule has 0 bridgehead atoms. The van der Waals surface area contributed by atoms with Crippen LogP contribution < -0.4 is 10.6 Å². The highest BCUT2D eigenvalue weighted by molar-refractivity contribution is 6.33. The molecule has 0 saturated heterocycles. The molecule has 1 unspecified atom stereocenters. The standard InChI is InChI=1S/C16H16ClN3O/c1-10-6-11-4-2-3-5-14(11)20(9-10)16(21)12-7-13(17)15(18)19-8-12/h2-5,7-8,10H,6,9H2,1H3,(H2,18,19). The lowest BCUT2D eigenvalue weighted by Gasteiger charge is -2.33. The number of carbonyl (C=O) groups is 1. The summed E-state index contributed by atoms with van der Waals surface area (Å²) in [5.74, 6) is 0.560. The van der Waals surface area contributed by atoms with Crippen molar-refractivity contribution in [1.29, 1.82) is 0 Å². The Morgan fingerprint density at radius 2 is 2.19 bits per heavy atom. The number of hydrogen-bond acceptors (Lipinski definition) is 3. The molecule has 2 aromatic rings. The molecule has 1 aliphatic rings. The first-order valence-corrected chi connectivity index (χ1v) is 7.25. The lowest BCUT2D eigenvalue weighted by Crippen LogP contribution is -2.39. The van der Waals surface area contributed by atoms with Crippen LogP contribution in [0.1, 0.15) is 22.8 Å². The molecule has 21 heavy (non-hydrogen) atoms. The molecule has 1 aliphatic heterocycles. The SMILES string of the molecule is CC1Cc2ccccc2N(C(=O)c2cnc(N)c(Cl)c2)C1. The molecule has 108 valence electrons. The van der Waals surface area contributed by atoms with Gasteiger partial charge in [0.25, 0.3) is 5.91 Å². The number of nitrogen functional groups attached to an aromatic ring is 1. The van der Waals surface area contributed by atoms with E-state index in [2.05, 4.69) is 18.0 Å². The van der Waals surface area contributed by atoms with Crippen LogP contribution in [0.5, 0.6) is 0 Å². The van der Waals surface area contributed by atoms with Gasteiger partial charge in [-0.25, -0.2) is 4.98 Å². The number of fused-ring (bicyclic) bond motifs is 1. The summed E-state index contributed by atoms with van der Waals surface area (Å²) in [4.78, 5) is 18.5. The van der Waals surface area contributed by atoms with Crippen molar-refractivity contribution < 1.29 is 4.79 Å². The van der Waals surface area contributed by atoms with Gasteiger partial charge in [0, 0.05) is 18.4 Å². The number of carbonyl (C=O) groups excluding carboxylic acids is 1. The highest BCUT2D eigenvalue weighted by Gasteiger charge is 2.27. The van der Waals surface area contributed by atoms with Crippen molar-refractivity contribution in [1.82, 2.24) is 4.98 Å². The highest BCUT2D eigenvalue weighted by atomic mass is 35.5. The largest absolute Gasteiger partial charge is 0.382 e. The number of nitrogens with zero attached hydrogens (tertiary/aromatic N) is 2. The summed E-state index contributed by atoms with van der Waals surface area (Å²) >= 11 is 5.97. The van der Waals surface area contributed by atoms with Gasteiger partial charge in [0.1, 0.15) is 5.82 Å². The number of halogens is 1. The van der Waals surface area contributed by atoms with Crippen LogP contribution in [-0.4, -0.2) is 17.4 Å². The maximum absolute atomic E-state index is 12.8. The van der Waals surface area contributed by atoms with Crippen LogP contribution in [0, 0.1) is 5.92 Å². The van der Waals surface area contributed by atoms with Gasteiger partial charge in [-0.1, -0.05) is 36.7 Å². The van der Waals surface area contributed by atoms with Gasteiger partial charge in [-0.3, -0.25) is 4.79 Å². The van der Waals surface area contributed by atoms with E-state index in [0.29, 0.717) is 23.0 Å². The molecule has 1 aromatic carbocycles. The normalized spacial score (nSPS) is 17.4. The van der Waals surface area contributed by atoms with Gasteiger partial charge in [0.05, 0.1) is 10.6 Å². The summed E-state index contributed by atoms with van der Waals surface area (Å²) in [5, 5.41) is 0.305. The third-order valence-corrected chi connectivity index (χ3v) is 4.01. The number of amides is 1. The monoisotopic (exact) mass is 301 g/mol. The number of pyridine rings is 1. The van der Waals surface area contributed by atoms with Crippen LogP contribution in [0.25, 0.3) is 0 Å². The van der Waals surface area contributed by atoms with Gasteiger partial charge in [-0.2, -0.15) is 0 Å². The number of hydrogen-bond donors (Lipinski definition) is 1. The summed E-state index contributed by atoms with van der Waals surface area (Å²) < 4.78 is 0. The predicted molar refractivity (Wildman–Crippen MR) is 84.6 cm³/mol. The molecule has 0 fully saturated rings. The Balaban J connectivity index is 1.99. The first kappa shape index (κ1) is 13.9. The van der Waals surface area contributed by atoms with E-state index in [0.717, 1.165) is 12.1 Å². The van der Waals surface area contributed by atoms with E-state index in [1.54, 1.807) is 11.0 Å². The first-order chi connectivity index (χ1) is 10.1. The van der Waals surface area contributed by atoms with Gasteiger partial charge in [0.2, 0.25) is 0 Å². The molecule has 0 radical (unpaired) electrons. The van der Waals surface area contributed by atoms with Crippen LogP contribution in [0.3, 0.4) is 0 Å². The summed E-state index contributed by atoms with van der Waals surface area (Å²) in [6, 6.07) is 9.57. The van der Waals surface area contributed by atoms with E-state index in [9.17, 15) is 4.79 Å². The number of para-hydroxylation sites is 1. The van der Waals surface area contributed by atoms with E-state index >= 15 is 0 Å². The average Bonchev–Trinajstić information content (AvgIpc) is 2.48. The van der Waals surface area contributed by atoms with E-state index < -0.39 is 0 Å². The minimum Gasteiger partial charge on any atom is -0.382 e. The zero-order valence-electron chi connectivity index (χ0n) is 11.7. The Morgan fingerprint density at radius 3 is 2.95 bits per heavy atom. The molecule has 1 atom stereocenters. The van der Waals surface area contributed by atoms with E-state index in [1.807, 2.05) is 18.2 Å². The lowest BCUT2D eigenvalue weighted by molar-refractivity contribution is 0.0980. The van der Waals surface area contributed by atoms with Gasteiger partial charge in [-0.15, -0.1) is 0 Å². The van der Waals surface area contributed by atoms with E-state index in [1.165, 1.54) is 11.8 Å². The third-order valence-electron chi connectivity index (χ3n) is 3.71. The fourth-order valence-electron chi connectivity index (χ4n) is 2.71. The minimum atomic E-state index is -0.0941. The molecule has 5 heteroatoms. The van der Waals surface area contributed by atoms with E-state index in [-0.39, 0.29) is 11.7 Å². The van der Waals surface area contributed by atoms with Gasteiger partial charge < -0.3 is 10.6 Å². The van der Waals surface area contributed by atoms with Crippen molar-refractivity contribution in [2.75, 3.05) is 17.2 Å².